The second-order valence-electron chi connectivity index (χ2n) is 8.46. The Morgan fingerprint density at radius 1 is 0.833 bits per heavy atom. The highest BCUT2D eigenvalue weighted by atomic mass is 16.2. The molecule has 0 saturated heterocycles. The lowest BCUT2D eigenvalue weighted by Crippen LogP contribution is -2.23. The van der Waals surface area contributed by atoms with E-state index in [9.17, 15) is 9.59 Å². The van der Waals surface area contributed by atoms with Crippen LogP contribution in [0.15, 0.2) is 49.1 Å². The first-order chi connectivity index (χ1) is 17.4. The number of amides is 2. The van der Waals surface area contributed by atoms with Gasteiger partial charge in [0.05, 0.1) is 18.8 Å². The van der Waals surface area contributed by atoms with Gasteiger partial charge in [0.25, 0.3) is 5.91 Å². The molecule has 0 radical (unpaired) electrons. The number of anilines is 1. The summed E-state index contributed by atoms with van der Waals surface area (Å²) in [5, 5.41) is 21.6. The predicted octanol–water partition coefficient (Wildman–Crippen LogP) is 1.87. The standard InChI is InChI=1S/C24H28N10O2/c1-17-5-7-19(12-25-17)11-23(35)28-22-16-34(32-30-22)10-4-3-9-33-15-21(29-31-33)24(36)27-14-20-8-6-18(2)26-13-20/h5-8,12-13,15-16H,3-4,9-11,14H2,1-2H3,(H,27,36)(H,28,35). The minimum Gasteiger partial charge on any atom is -0.346 e. The van der Waals surface area contributed by atoms with Gasteiger partial charge < -0.3 is 10.6 Å². The molecular weight excluding hydrogens is 460 g/mol. The van der Waals surface area contributed by atoms with Crippen molar-refractivity contribution >= 4 is 17.6 Å². The first-order valence-corrected chi connectivity index (χ1v) is 11.7. The van der Waals surface area contributed by atoms with E-state index in [1.54, 1.807) is 34.2 Å². The molecule has 0 fully saturated rings. The fraction of sp³-hybridized carbons (Fsp3) is 0.333. The van der Waals surface area contributed by atoms with Crippen LogP contribution in [-0.2, 0) is 30.8 Å². The Morgan fingerprint density at radius 3 is 2.14 bits per heavy atom. The van der Waals surface area contributed by atoms with Crippen molar-refractivity contribution in [2.45, 2.75) is 52.7 Å². The average Bonchev–Trinajstić information content (AvgIpc) is 3.52. The van der Waals surface area contributed by atoms with Crippen LogP contribution in [0.4, 0.5) is 5.82 Å². The summed E-state index contributed by atoms with van der Waals surface area (Å²) in [5.74, 6) is -0.0414. The number of nitrogens with one attached hydrogen (secondary N) is 2. The number of hydrogen-bond donors (Lipinski definition) is 2. The van der Waals surface area contributed by atoms with Crippen LogP contribution in [0.1, 0.15) is 45.8 Å². The SMILES string of the molecule is Cc1ccc(CNC(=O)c2cn(CCCCn3cc(NC(=O)Cc4ccc(C)nc4)nn3)nn2)cn1. The second kappa shape index (κ2) is 11.8. The molecule has 12 heteroatoms. The molecule has 4 aromatic rings. The lowest BCUT2D eigenvalue weighted by atomic mass is 10.2. The summed E-state index contributed by atoms with van der Waals surface area (Å²) in [6, 6.07) is 7.58. The molecule has 2 N–H and O–H groups in total. The van der Waals surface area contributed by atoms with E-state index < -0.39 is 0 Å². The second-order valence-corrected chi connectivity index (χ2v) is 8.46. The number of aryl methyl sites for hydroxylation is 4. The molecule has 36 heavy (non-hydrogen) atoms. The molecule has 0 aliphatic rings. The van der Waals surface area contributed by atoms with Crippen molar-refractivity contribution in [2.24, 2.45) is 0 Å². The Kier molecular flexibility index (Phi) is 8.06. The van der Waals surface area contributed by atoms with E-state index in [2.05, 4.69) is 41.2 Å². The van der Waals surface area contributed by atoms with Crippen LogP contribution in [0, 0.1) is 13.8 Å². The third-order valence-electron chi connectivity index (χ3n) is 5.36. The highest BCUT2D eigenvalue weighted by molar-refractivity contribution is 5.92. The maximum absolute atomic E-state index is 12.3. The van der Waals surface area contributed by atoms with E-state index in [-0.39, 0.29) is 23.9 Å². The van der Waals surface area contributed by atoms with Gasteiger partial charge in [0.2, 0.25) is 5.91 Å². The van der Waals surface area contributed by atoms with Gasteiger partial charge in [-0.25, -0.2) is 0 Å². The van der Waals surface area contributed by atoms with Crippen LogP contribution in [0.5, 0.6) is 0 Å². The number of hydrogen-bond acceptors (Lipinski definition) is 8. The van der Waals surface area contributed by atoms with Crippen LogP contribution in [0.2, 0.25) is 0 Å². The van der Waals surface area contributed by atoms with Crippen molar-refractivity contribution in [1.82, 2.24) is 45.3 Å². The third-order valence-corrected chi connectivity index (χ3v) is 5.36. The topological polar surface area (TPSA) is 145 Å². The molecule has 0 unspecified atom stereocenters. The number of aromatic nitrogens is 8. The van der Waals surface area contributed by atoms with Gasteiger partial charge in [0.1, 0.15) is 0 Å². The predicted molar refractivity (Wildman–Crippen MR) is 131 cm³/mol. The molecule has 0 aromatic carbocycles. The molecule has 4 aromatic heterocycles. The first-order valence-electron chi connectivity index (χ1n) is 11.7. The molecule has 186 valence electrons. The first kappa shape index (κ1) is 24.6. The molecule has 12 nitrogen and oxygen atoms in total. The Labute approximate surface area is 208 Å². The number of nitrogens with zero attached hydrogens (tertiary/aromatic N) is 8. The smallest absolute Gasteiger partial charge is 0.273 e. The number of carbonyl (C=O) groups excluding carboxylic acids is 2. The highest BCUT2D eigenvalue weighted by Crippen LogP contribution is 2.06. The van der Waals surface area contributed by atoms with Crippen molar-refractivity contribution in [3.8, 4) is 0 Å². The summed E-state index contributed by atoms with van der Waals surface area (Å²) in [6.45, 7) is 5.44. The van der Waals surface area contributed by atoms with Crippen LogP contribution < -0.4 is 10.6 Å². The Bertz CT molecular complexity index is 1300. The van der Waals surface area contributed by atoms with Crippen LogP contribution >= 0.6 is 0 Å². The summed E-state index contributed by atoms with van der Waals surface area (Å²) in [7, 11) is 0. The van der Waals surface area contributed by atoms with E-state index in [0.717, 1.165) is 35.4 Å². The van der Waals surface area contributed by atoms with Crippen molar-refractivity contribution < 1.29 is 9.59 Å². The van der Waals surface area contributed by atoms with Gasteiger partial charge in [-0.05, 0) is 49.9 Å². The largest absolute Gasteiger partial charge is 0.346 e. The summed E-state index contributed by atoms with van der Waals surface area (Å²) >= 11 is 0. The monoisotopic (exact) mass is 488 g/mol. The van der Waals surface area contributed by atoms with Crippen molar-refractivity contribution in [2.75, 3.05) is 5.32 Å². The van der Waals surface area contributed by atoms with E-state index in [1.807, 2.05) is 38.1 Å². The van der Waals surface area contributed by atoms with Crippen LogP contribution in [0.3, 0.4) is 0 Å². The van der Waals surface area contributed by atoms with E-state index in [4.69, 9.17) is 0 Å². The van der Waals surface area contributed by atoms with Gasteiger partial charge in [0, 0.05) is 43.4 Å². The van der Waals surface area contributed by atoms with Gasteiger partial charge >= 0.3 is 0 Å². The quantitative estimate of drug-likeness (QED) is 0.304. The molecule has 0 bridgehead atoms. The summed E-state index contributed by atoms with van der Waals surface area (Å²) in [5.41, 5.74) is 3.86. The minimum atomic E-state index is -0.280. The molecule has 0 aliphatic carbocycles. The zero-order valence-electron chi connectivity index (χ0n) is 20.3. The molecular formula is C24H28N10O2. The molecule has 0 aliphatic heterocycles. The molecule has 0 saturated carbocycles. The maximum atomic E-state index is 12.3. The van der Waals surface area contributed by atoms with Gasteiger partial charge in [-0.1, -0.05) is 22.6 Å². The molecule has 0 spiro atoms. The van der Waals surface area contributed by atoms with E-state index in [0.29, 0.717) is 25.5 Å². The number of unbranched alkanes of at least 4 members (excludes halogenated alkanes) is 1. The average molecular weight is 489 g/mol. The van der Waals surface area contributed by atoms with Crippen molar-refractivity contribution in [3.05, 3.63) is 77.3 Å². The molecule has 2 amide bonds. The van der Waals surface area contributed by atoms with Gasteiger partial charge in [-0.2, -0.15) is 0 Å². The van der Waals surface area contributed by atoms with Gasteiger partial charge in [-0.15, -0.1) is 10.2 Å². The summed E-state index contributed by atoms with van der Waals surface area (Å²) in [4.78, 5) is 32.9. The minimum absolute atomic E-state index is 0.172. The number of carbonyl (C=O) groups is 2. The summed E-state index contributed by atoms with van der Waals surface area (Å²) < 4.78 is 3.33. The third kappa shape index (κ3) is 7.26. The summed E-state index contributed by atoms with van der Waals surface area (Å²) in [6.07, 6.45) is 8.61. The Balaban J connectivity index is 1.15. The lowest BCUT2D eigenvalue weighted by Gasteiger charge is -2.03. The van der Waals surface area contributed by atoms with Gasteiger partial charge in [0.15, 0.2) is 11.5 Å². The highest BCUT2D eigenvalue weighted by Gasteiger charge is 2.11. The molecule has 4 heterocycles. The van der Waals surface area contributed by atoms with Crippen LogP contribution in [0.25, 0.3) is 0 Å². The normalized spacial score (nSPS) is 10.8. The molecule has 0 atom stereocenters. The lowest BCUT2D eigenvalue weighted by molar-refractivity contribution is -0.115. The fourth-order valence-electron chi connectivity index (χ4n) is 3.38. The maximum Gasteiger partial charge on any atom is 0.273 e. The Morgan fingerprint density at radius 2 is 1.47 bits per heavy atom. The van der Waals surface area contributed by atoms with Crippen molar-refractivity contribution in [3.63, 3.8) is 0 Å². The van der Waals surface area contributed by atoms with E-state index >= 15 is 0 Å². The van der Waals surface area contributed by atoms with Crippen molar-refractivity contribution in [1.29, 1.82) is 0 Å². The molecule has 4 rings (SSSR count). The zero-order chi connectivity index (χ0) is 25.3. The fourth-order valence-corrected chi connectivity index (χ4v) is 3.38. The number of pyridine rings is 2. The van der Waals surface area contributed by atoms with Crippen LogP contribution in [-0.4, -0.2) is 51.8 Å². The zero-order valence-corrected chi connectivity index (χ0v) is 20.3. The number of rotatable bonds is 11. The van der Waals surface area contributed by atoms with E-state index in [1.165, 1.54) is 0 Å². The van der Waals surface area contributed by atoms with Gasteiger partial charge in [-0.3, -0.25) is 28.9 Å². The Hall–Kier alpha value is -4.48.